The number of allylic oxidation sites excluding steroid dienone is 2. The van der Waals surface area contributed by atoms with Crippen LogP contribution in [0.1, 0.15) is 26.7 Å². The molecule has 1 rings (SSSR count). The number of hydrogen-bond acceptors (Lipinski definition) is 3. The maximum Gasteiger partial charge on any atom is 0.126 e. The minimum atomic E-state index is -0.529. The van der Waals surface area contributed by atoms with Gasteiger partial charge in [-0.1, -0.05) is 13.8 Å². The number of nitrogens with two attached hydrogens (primary N) is 2. The van der Waals surface area contributed by atoms with Crippen molar-refractivity contribution < 1.29 is 0 Å². The van der Waals surface area contributed by atoms with Crippen molar-refractivity contribution in [2.75, 3.05) is 0 Å². The van der Waals surface area contributed by atoms with Crippen molar-refractivity contribution in [3.8, 4) is 0 Å². The van der Waals surface area contributed by atoms with Crippen LogP contribution in [-0.4, -0.2) is 5.66 Å². The Hall–Kier alpha value is -0.960. The van der Waals surface area contributed by atoms with E-state index in [2.05, 4.69) is 19.2 Å². The molecular weight excluding hydrogens is 162 g/mol. The van der Waals surface area contributed by atoms with Gasteiger partial charge >= 0.3 is 0 Å². The summed E-state index contributed by atoms with van der Waals surface area (Å²) in [6.07, 6.45) is 7.52. The molecule has 5 N–H and O–H groups in total. The Labute approximate surface area is 79.9 Å². The van der Waals surface area contributed by atoms with Gasteiger partial charge in [-0.25, -0.2) is 0 Å². The van der Waals surface area contributed by atoms with Crippen molar-refractivity contribution >= 4 is 0 Å². The molecule has 0 fully saturated rings. The number of nitrogens with one attached hydrogen (secondary N) is 1. The van der Waals surface area contributed by atoms with Gasteiger partial charge in [-0.15, -0.1) is 0 Å². The zero-order valence-corrected chi connectivity index (χ0v) is 8.38. The summed E-state index contributed by atoms with van der Waals surface area (Å²) in [7, 11) is 0. The Kier molecular flexibility index (Phi) is 2.98. The Morgan fingerprint density at radius 2 is 2.23 bits per heavy atom. The van der Waals surface area contributed by atoms with Crippen molar-refractivity contribution in [1.82, 2.24) is 5.32 Å². The molecule has 3 nitrogen and oxygen atoms in total. The first-order valence-electron chi connectivity index (χ1n) is 4.74. The number of rotatable bonds is 3. The van der Waals surface area contributed by atoms with Crippen LogP contribution in [-0.2, 0) is 0 Å². The van der Waals surface area contributed by atoms with E-state index in [1.54, 1.807) is 0 Å². The third-order valence-electron chi connectivity index (χ3n) is 2.34. The standard InChI is InChI=1S/C10H19N3/c1-8(2)5-6-10(12)9(11)4-3-7-13-10/h3-4,7-8,13H,5-6,11-12H2,1-2H3. The molecule has 3 heteroatoms. The Morgan fingerprint density at radius 3 is 2.77 bits per heavy atom. The first-order valence-corrected chi connectivity index (χ1v) is 4.74. The largest absolute Gasteiger partial charge is 0.399 e. The molecule has 0 saturated carbocycles. The summed E-state index contributed by atoms with van der Waals surface area (Å²) in [5, 5.41) is 3.10. The second-order valence-corrected chi connectivity index (χ2v) is 4.03. The SMILES string of the molecule is CC(C)CCC1(N)NC=CC=C1N. The zero-order chi connectivity index (χ0) is 9.90. The van der Waals surface area contributed by atoms with Crippen LogP contribution in [0.5, 0.6) is 0 Å². The number of dihydropyridines is 1. The molecule has 1 aliphatic rings. The molecule has 0 spiro atoms. The minimum Gasteiger partial charge on any atom is -0.399 e. The van der Waals surface area contributed by atoms with Gasteiger partial charge in [-0.05, 0) is 37.1 Å². The fourth-order valence-electron chi connectivity index (χ4n) is 1.31. The highest BCUT2D eigenvalue weighted by Crippen LogP contribution is 2.18. The lowest BCUT2D eigenvalue weighted by atomic mass is 9.94. The van der Waals surface area contributed by atoms with Crippen molar-refractivity contribution in [2.45, 2.75) is 32.4 Å². The van der Waals surface area contributed by atoms with E-state index in [0.717, 1.165) is 18.5 Å². The quantitative estimate of drug-likeness (QED) is 0.609. The molecule has 1 aliphatic heterocycles. The second kappa shape index (κ2) is 3.83. The molecule has 1 unspecified atom stereocenters. The molecule has 0 aromatic carbocycles. The van der Waals surface area contributed by atoms with Crippen LogP contribution in [0, 0.1) is 5.92 Å². The highest BCUT2D eigenvalue weighted by molar-refractivity contribution is 5.25. The highest BCUT2D eigenvalue weighted by atomic mass is 15.1. The van der Waals surface area contributed by atoms with E-state index >= 15 is 0 Å². The smallest absolute Gasteiger partial charge is 0.126 e. The summed E-state index contributed by atoms with van der Waals surface area (Å²) in [6, 6.07) is 0. The van der Waals surface area contributed by atoms with Gasteiger partial charge in [0.05, 0.1) is 0 Å². The molecule has 0 bridgehead atoms. The molecular formula is C10H19N3. The van der Waals surface area contributed by atoms with Crippen LogP contribution in [0.25, 0.3) is 0 Å². The lowest BCUT2D eigenvalue weighted by Crippen LogP contribution is -2.56. The Bertz CT molecular complexity index is 230. The fourth-order valence-corrected chi connectivity index (χ4v) is 1.31. The van der Waals surface area contributed by atoms with Crippen molar-refractivity contribution in [2.24, 2.45) is 17.4 Å². The maximum atomic E-state index is 6.10. The van der Waals surface area contributed by atoms with E-state index in [9.17, 15) is 0 Å². The molecule has 0 aromatic rings. The summed E-state index contributed by atoms with van der Waals surface area (Å²) >= 11 is 0. The predicted molar refractivity (Wildman–Crippen MR) is 55.5 cm³/mol. The van der Waals surface area contributed by atoms with E-state index in [4.69, 9.17) is 11.5 Å². The summed E-state index contributed by atoms with van der Waals surface area (Å²) in [6.45, 7) is 4.36. The first kappa shape index (κ1) is 10.1. The van der Waals surface area contributed by atoms with E-state index in [-0.39, 0.29) is 0 Å². The first-order chi connectivity index (χ1) is 6.04. The molecule has 1 heterocycles. The molecule has 0 saturated heterocycles. The van der Waals surface area contributed by atoms with Gasteiger partial charge in [0.15, 0.2) is 0 Å². The maximum absolute atomic E-state index is 6.10. The lowest BCUT2D eigenvalue weighted by molar-refractivity contribution is 0.364. The zero-order valence-electron chi connectivity index (χ0n) is 8.38. The van der Waals surface area contributed by atoms with Gasteiger partial charge in [0.1, 0.15) is 5.66 Å². The summed E-state index contributed by atoms with van der Waals surface area (Å²) in [5.41, 5.74) is 12.1. The van der Waals surface area contributed by atoms with E-state index in [1.165, 1.54) is 0 Å². The van der Waals surface area contributed by atoms with Crippen molar-refractivity contribution in [3.05, 3.63) is 24.0 Å². The summed E-state index contributed by atoms with van der Waals surface area (Å²) in [5.74, 6) is 0.654. The summed E-state index contributed by atoms with van der Waals surface area (Å²) in [4.78, 5) is 0. The van der Waals surface area contributed by atoms with Crippen molar-refractivity contribution in [3.63, 3.8) is 0 Å². The molecule has 0 aromatic heterocycles. The van der Waals surface area contributed by atoms with Crippen molar-refractivity contribution in [1.29, 1.82) is 0 Å². The Morgan fingerprint density at radius 1 is 1.54 bits per heavy atom. The molecule has 0 amide bonds. The van der Waals surface area contributed by atoms with Crippen LogP contribution >= 0.6 is 0 Å². The van der Waals surface area contributed by atoms with Gasteiger partial charge in [-0.3, -0.25) is 0 Å². The van der Waals surface area contributed by atoms with Crippen LogP contribution in [0.15, 0.2) is 24.0 Å². The molecule has 74 valence electrons. The van der Waals surface area contributed by atoms with Crippen LogP contribution < -0.4 is 16.8 Å². The van der Waals surface area contributed by atoms with E-state index < -0.39 is 5.66 Å². The summed E-state index contributed by atoms with van der Waals surface area (Å²) < 4.78 is 0. The van der Waals surface area contributed by atoms with Gasteiger partial charge in [0, 0.05) is 5.70 Å². The number of hydrogen-bond donors (Lipinski definition) is 3. The van der Waals surface area contributed by atoms with E-state index in [1.807, 2.05) is 18.4 Å². The van der Waals surface area contributed by atoms with Gasteiger partial charge in [0.25, 0.3) is 0 Å². The molecule has 0 radical (unpaired) electrons. The average Bonchev–Trinajstić information content (AvgIpc) is 2.07. The molecule has 0 aliphatic carbocycles. The van der Waals surface area contributed by atoms with Crippen LogP contribution in [0.4, 0.5) is 0 Å². The Balaban J connectivity index is 2.56. The second-order valence-electron chi connectivity index (χ2n) is 4.03. The highest BCUT2D eigenvalue weighted by Gasteiger charge is 2.27. The van der Waals surface area contributed by atoms with Crippen LogP contribution in [0.2, 0.25) is 0 Å². The third-order valence-corrected chi connectivity index (χ3v) is 2.34. The van der Waals surface area contributed by atoms with Gasteiger partial charge in [0.2, 0.25) is 0 Å². The third kappa shape index (κ3) is 2.49. The fraction of sp³-hybridized carbons (Fsp3) is 0.600. The molecule has 13 heavy (non-hydrogen) atoms. The van der Waals surface area contributed by atoms with E-state index in [0.29, 0.717) is 5.92 Å². The normalized spacial score (nSPS) is 27.2. The monoisotopic (exact) mass is 181 g/mol. The van der Waals surface area contributed by atoms with Gasteiger partial charge < -0.3 is 16.8 Å². The predicted octanol–water partition coefficient (Wildman–Crippen LogP) is 1.04. The average molecular weight is 181 g/mol. The van der Waals surface area contributed by atoms with Gasteiger partial charge in [-0.2, -0.15) is 0 Å². The minimum absolute atomic E-state index is 0.529. The molecule has 1 atom stereocenters. The van der Waals surface area contributed by atoms with Crippen LogP contribution in [0.3, 0.4) is 0 Å². The lowest BCUT2D eigenvalue weighted by Gasteiger charge is -2.33. The topological polar surface area (TPSA) is 64.1 Å².